The average molecular weight is 294 g/mol. The van der Waals surface area contributed by atoms with E-state index in [1.165, 1.54) is 4.90 Å². The first-order valence-electron chi connectivity index (χ1n) is 6.70. The van der Waals surface area contributed by atoms with Gasteiger partial charge in [0.05, 0.1) is 18.5 Å². The Bertz CT molecular complexity index is 833. The highest BCUT2D eigenvalue weighted by Gasteiger charge is 2.16. The number of hydrogen-bond donors (Lipinski definition) is 1. The normalized spacial score (nSPS) is 10.4. The molecule has 1 amide bonds. The van der Waals surface area contributed by atoms with Crippen molar-refractivity contribution in [2.75, 3.05) is 12.0 Å². The lowest BCUT2D eigenvalue weighted by Gasteiger charge is -2.20. The van der Waals surface area contributed by atoms with Crippen LogP contribution in [0.15, 0.2) is 54.7 Å². The zero-order valence-corrected chi connectivity index (χ0v) is 11.9. The van der Waals surface area contributed by atoms with Crippen molar-refractivity contribution in [3.63, 3.8) is 0 Å². The van der Waals surface area contributed by atoms with Crippen LogP contribution in [0, 0.1) is 0 Å². The summed E-state index contributed by atoms with van der Waals surface area (Å²) in [4.78, 5) is 17.1. The Balaban J connectivity index is 2.14. The number of phenolic OH excluding ortho intramolecular Hbond substituents is 1. The minimum absolute atomic E-state index is 0.0342. The van der Waals surface area contributed by atoms with Gasteiger partial charge in [0.1, 0.15) is 11.3 Å². The van der Waals surface area contributed by atoms with E-state index in [0.717, 1.165) is 5.39 Å². The van der Waals surface area contributed by atoms with Crippen LogP contribution in [0.5, 0.6) is 11.5 Å². The second kappa shape index (κ2) is 5.73. The van der Waals surface area contributed by atoms with E-state index in [4.69, 9.17) is 4.74 Å². The van der Waals surface area contributed by atoms with Crippen molar-refractivity contribution in [2.45, 2.75) is 0 Å². The van der Waals surface area contributed by atoms with Gasteiger partial charge in [-0.1, -0.05) is 18.2 Å². The Morgan fingerprint density at radius 2 is 2.05 bits per heavy atom. The lowest BCUT2D eigenvalue weighted by Crippen LogP contribution is -2.14. The third-order valence-electron chi connectivity index (χ3n) is 3.42. The Morgan fingerprint density at radius 3 is 2.82 bits per heavy atom. The molecule has 22 heavy (non-hydrogen) atoms. The molecule has 1 N–H and O–H groups in total. The summed E-state index contributed by atoms with van der Waals surface area (Å²) in [7, 11) is 1.56. The number of pyridine rings is 1. The van der Waals surface area contributed by atoms with Crippen molar-refractivity contribution < 1.29 is 14.6 Å². The molecule has 3 aromatic rings. The van der Waals surface area contributed by atoms with Crippen molar-refractivity contribution in [1.82, 2.24) is 4.98 Å². The first-order chi connectivity index (χ1) is 10.7. The van der Waals surface area contributed by atoms with E-state index in [1.54, 1.807) is 49.7 Å². The molecule has 0 bridgehead atoms. The summed E-state index contributed by atoms with van der Waals surface area (Å²) in [6, 6.07) is 14.2. The van der Waals surface area contributed by atoms with E-state index in [1.807, 2.05) is 12.1 Å². The number of ether oxygens (including phenoxy) is 1. The summed E-state index contributed by atoms with van der Waals surface area (Å²) in [6.45, 7) is 0. The van der Waals surface area contributed by atoms with Crippen molar-refractivity contribution in [3.05, 3.63) is 54.7 Å². The lowest BCUT2D eigenvalue weighted by atomic mass is 10.1. The van der Waals surface area contributed by atoms with Gasteiger partial charge < -0.3 is 9.84 Å². The number of phenols is 1. The van der Waals surface area contributed by atoms with Gasteiger partial charge in [0, 0.05) is 17.6 Å². The van der Waals surface area contributed by atoms with Gasteiger partial charge in [-0.3, -0.25) is 14.7 Å². The molecule has 110 valence electrons. The van der Waals surface area contributed by atoms with E-state index in [2.05, 4.69) is 4.98 Å². The van der Waals surface area contributed by atoms with E-state index in [0.29, 0.717) is 29.1 Å². The number of carbonyl (C=O) groups is 1. The Labute approximate surface area is 127 Å². The molecular weight excluding hydrogens is 280 g/mol. The number of nitrogens with zero attached hydrogens (tertiary/aromatic N) is 2. The molecular formula is C17H14N2O3. The number of methoxy groups -OCH3 is 1. The maximum absolute atomic E-state index is 11.5. The third kappa shape index (κ3) is 2.33. The fourth-order valence-electron chi connectivity index (χ4n) is 2.33. The molecule has 0 spiro atoms. The summed E-state index contributed by atoms with van der Waals surface area (Å²) in [5.74, 6) is 0.593. The monoisotopic (exact) mass is 294 g/mol. The summed E-state index contributed by atoms with van der Waals surface area (Å²) < 4.78 is 5.17. The van der Waals surface area contributed by atoms with Gasteiger partial charge in [-0.25, -0.2) is 0 Å². The van der Waals surface area contributed by atoms with Crippen LogP contribution in [0.2, 0.25) is 0 Å². The quantitative estimate of drug-likeness (QED) is 0.750. The molecule has 5 heteroatoms. The van der Waals surface area contributed by atoms with Crippen molar-refractivity contribution >= 4 is 28.7 Å². The number of hydrogen-bond acceptors (Lipinski definition) is 4. The molecule has 0 atom stereocenters. The van der Waals surface area contributed by atoms with Gasteiger partial charge in [0.25, 0.3) is 0 Å². The third-order valence-corrected chi connectivity index (χ3v) is 3.42. The van der Waals surface area contributed by atoms with Crippen molar-refractivity contribution in [2.24, 2.45) is 0 Å². The number of fused-ring (bicyclic) bond motifs is 1. The fourth-order valence-corrected chi connectivity index (χ4v) is 2.33. The van der Waals surface area contributed by atoms with Crippen LogP contribution >= 0.6 is 0 Å². The molecule has 0 saturated carbocycles. The van der Waals surface area contributed by atoms with Crippen LogP contribution in [0.25, 0.3) is 10.9 Å². The maximum atomic E-state index is 11.5. The number of anilines is 2. The van der Waals surface area contributed by atoms with Crippen LogP contribution in [0.1, 0.15) is 0 Å². The van der Waals surface area contributed by atoms with Gasteiger partial charge in [-0.2, -0.15) is 0 Å². The first kappa shape index (κ1) is 13.9. The predicted molar refractivity (Wildman–Crippen MR) is 84.6 cm³/mol. The van der Waals surface area contributed by atoms with Gasteiger partial charge in [-0.15, -0.1) is 0 Å². The molecule has 1 heterocycles. The van der Waals surface area contributed by atoms with E-state index in [-0.39, 0.29) is 5.75 Å². The van der Waals surface area contributed by atoms with Crippen LogP contribution in [0.3, 0.4) is 0 Å². The highest BCUT2D eigenvalue weighted by Crippen LogP contribution is 2.37. The zero-order chi connectivity index (χ0) is 15.5. The number of aromatic nitrogens is 1. The van der Waals surface area contributed by atoms with Crippen LogP contribution < -0.4 is 9.64 Å². The Hall–Kier alpha value is -3.08. The summed E-state index contributed by atoms with van der Waals surface area (Å²) in [6.07, 6.45) is 2.25. The molecule has 0 aliphatic carbocycles. The molecule has 0 fully saturated rings. The van der Waals surface area contributed by atoms with Crippen molar-refractivity contribution in [3.8, 4) is 11.5 Å². The molecule has 0 saturated heterocycles. The first-order valence-corrected chi connectivity index (χ1v) is 6.70. The summed E-state index contributed by atoms with van der Waals surface area (Å²) in [5, 5.41) is 11.3. The van der Waals surface area contributed by atoms with E-state index in [9.17, 15) is 9.90 Å². The van der Waals surface area contributed by atoms with Gasteiger partial charge >= 0.3 is 0 Å². The minimum Gasteiger partial charge on any atom is -0.504 e. The molecule has 5 nitrogen and oxygen atoms in total. The second-order valence-corrected chi connectivity index (χ2v) is 4.69. The topological polar surface area (TPSA) is 62.7 Å². The SMILES string of the molecule is COc1cccc(N(C=O)c2ccc3cccnc3c2O)c1. The number of benzene rings is 2. The number of rotatable bonds is 4. The smallest absolute Gasteiger partial charge is 0.218 e. The Kier molecular flexibility index (Phi) is 3.62. The standard InChI is InChI=1S/C17H14N2O3/c1-22-14-6-2-5-13(10-14)19(11-20)15-8-7-12-4-3-9-18-16(12)17(15)21/h2-11,21H,1H3. The van der Waals surface area contributed by atoms with E-state index >= 15 is 0 Å². The summed E-state index contributed by atoms with van der Waals surface area (Å²) >= 11 is 0. The van der Waals surface area contributed by atoms with Crippen LogP contribution in [0.4, 0.5) is 11.4 Å². The number of aromatic hydroxyl groups is 1. The average Bonchev–Trinajstić information content (AvgIpc) is 2.58. The van der Waals surface area contributed by atoms with E-state index < -0.39 is 0 Å². The number of amides is 1. The highest BCUT2D eigenvalue weighted by atomic mass is 16.5. The molecule has 3 rings (SSSR count). The fraction of sp³-hybridized carbons (Fsp3) is 0.0588. The Morgan fingerprint density at radius 1 is 1.18 bits per heavy atom. The molecule has 0 aliphatic heterocycles. The number of carbonyl (C=O) groups excluding carboxylic acids is 1. The van der Waals surface area contributed by atoms with Crippen LogP contribution in [-0.2, 0) is 4.79 Å². The molecule has 0 aliphatic rings. The molecule has 2 aromatic carbocycles. The lowest BCUT2D eigenvalue weighted by molar-refractivity contribution is -0.106. The maximum Gasteiger partial charge on any atom is 0.218 e. The predicted octanol–water partition coefficient (Wildman–Crippen LogP) is 3.24. The minimum atomic E-state index is -0.0342. The van der Waals surface area contributed by atoms with Crippen molar-refractivity contribution in [1.29, 1.82) is 0 Å². The van der Waals surface area contributed by atoms with Gasteiger partial charge in [0.2, 0.25) is 6.41 Å². The molecule has 1 aromatic heterocycles. The summed E-state index contributed by atoms with van der Waals surface area (Å²) in [5.41, 5.74) is 1.42. The van der Waals surface area contributed by atoms with Crippen LogP contribution in [-0.4, -0.2) is 23.6 Å². The zero-order valence-electron chi connectivity index (χ0n) is 11.9. The van der Waals surface area contributed by atoms with Gasteiger partial charge in [0.15, 0.2) is 5.75 Å². The molecule has 0 unspecified atom stereocenters. The highest BCUT2D eigenvalue weighted by molar-refractivity contribution is 5.97. The second-order valence-electron chi connectivity index (χ2n) is 4.69. The van der Waals surface area contributed by atoms with Gasteiger partial charge in [-0.05, 0) is 24.3 Å². The largest absolute Gasteiger partial charge is 0.504 e. The molecule has 0 radical (unpaired) electrons.